The molecule has 1 saturated heterocycles. The SMILES string of the molecule is COC(=O)C1CCN([C@H](c2ccc(C)o2)c2sc3nc(C)nn3c2O)CC1. The number of carbonyl (C=O) groups excluding carboxylic acids is 1. The van der Waals surface area contributed by atoms with Gasteiger partial charge in [0.2, 0.25) is 10.8 Å². The first-order valence-corrected chi connectivity index (χ1v) is 9.72. The van der Waals surface area contributed by atoms with E-state index in [4.69, 9.17) is 9.15 Å². The summed E-state index contributed by atoms with van der Waals surface area (Å²) < 4.78 is 12.3. The van der Waals surface area contributed by atoms with Gasteiger partial charge in [-0.05, 0) is 38.8 Å². The predicted octanol–water partition coefficient (Wildman–Crippen LogP) is 2.68. The van der Waals surface area contributed by atoms with Gasteiger partial charge < -0.3 is 14.3 Å². The summed E-state index contributed by atoms with van der Waals surface area (Å²) in [6.45, 7) is 5.10. The Morgan fingerprint density at radius 1 is 1.37 bits per heavy atom. The number of ether oxygens (including phenoxy) is 1. The van der Waals surface area contributed by atoms with E-state index in [-0.39, 0.29) is 23.8 Å². The van der Waals surface area contributed by atoms with Crippen LogP contribution in [0.3, 0.4) is 0 Å². The predicted molar refractivity (Wildman–Crippen MR) is 98.9 cm³/mol. The van der Waals surface area contributed by atoms with Crippen LogP contribution in [0.25, 0.3) is 4.96 Å². The van der Waals surface area contributed by atoms with Crippen LogP contribution in [0, 0.1) is 19.8 Å². The Kier molecular flexibility index (Phi) is 4.65. The first-order chi connectivity index (χ1) is 13.0. The lowest BCUT2D eigenvalue weighted by molar-refractivity contribution is -0.147. The lowest BCUT2D eigenvalue weighted by atomic mass is 9.95. The molecule has 9 heteroatoms. The third kappa shape index (κ3) is 3.21. The molecule has 4 rings (SSSR count). The molecule has 1 aliphatic heterocycles. The van der Waals surface area contributed by atoms with E-state index in [0.717, 1.165) is 16.4 Å². The molecule has 0 spiro atoms. The third-order valence-electron chi connectivity index (χ3n) is 5.01. The van der Waals surface area contributed by atoms with Gasteiger partial charge in [-0.15, -0.1) is 5.10 Å². The molecule has 8 nitrogen and oxygen atoms in total. The summed E-state index contributed by atoms with van der Waals surface area (Å²) >= 11 is 1.41. The van der Waals surface area contributed by atoms with Crippen LogP contribution in [0.4, 0.5) is 0 Å². The number of hydrogen-bond acceptors (Lipinski definition) is 8. The zero-order chi connectivity index (χ0) is 19.1. The van der Waals surface area contributed by atoms with E-state index in [1.54, 1.807) is 6.92 Å². The van der Waals surface area contributed by atoms with Crippen molar-refractivity contribution >= 4 is 22.3 Å². The van der Waals surface area contributed by atoms with Crippen LogP contribution >= 0.6 is 11.3 Å². The van der Waals surface area contributed by atoms with Crippen LogP contribution in [0.15, 0.2) is 16.5 Å². The fraction of sp³-hybridized carbons (Fsp3) is 0.500. The van der Waals surface area contributed by atoms with Gasteiger partial charge in [0.1, 0.15) is 23.4 Å². The maximum Gasteiger partial charge on any atom is 0.308 e. The zero-order valence-corrected chi connectivity index (χ0v) is 16.3. The minimum Gasteiger partial charge on any atom is -0.492 e. The zero-order valence-electron chi connectivity index (χ0n) is 15.5. The second kappa shape index (κ2) is 6.97. The summed E-state index contributed by atoms with van der Waals surface area (Å²) in [6.07, 6.45) is 1.42. The molecule has 0 bridgehead atoms. The second-order valence-electron chi connectivity index (χ2n) is 6.83. The third-order valence-corrected chi connectivity index (χ3v) is 6.09. The molecular formula is C18H22N4O4S. The van der Waals surface area contributed by atoms with Gasteiger partial charge in [-0.1, -0.05) is 11.3 Å². The standard InChI is InChI=1S/C18H22N4O4S/c1-10-4-5-13(26-10)14(21-8-6-12(7-9-21)17(24)25-3)15-16(23)22-18(27-15)19-11(2)20-22/h4-5,12,14,23H,6-9H2,1-3H3/t14-/m1/s1. The number of carbonyl (C=O) groups is 1. The van der Waals surface area contributed by atoms with Gasteiger partial charge in [0, 0.05) is 13.1 Å². The number of aromatic nitrogens is 3. The molecule has 3 aromatic rings. The summed E-state index contributed by atoms with van der Waals surface area (Å²) in [4.78, 5) is 19.8. The van der Waals surface area contributed by atoms with Crippen LogP contribution in [0.2, 0.25) is 0 Å². The molecule has 1 fully saturated rings. The van der Waals surface area contributed by atoms with Gasteiger partial charge >= 0.3 is 5.97 Å². The smallest absolute Gasteiger partial charge is 0.308 e. The Morgan fingerprint density at radius 2 is 2.11 bits per heavy atom. The Balaban J connectivity index is 1.69. The number of fused-ring (bicyclic) bond motifs is 1. The fourth-order valence-electron chi connectivity index (χ4n) is 3.66. The maximum atomic E-state index is 11.8. The summed E-state index contributed by atoms with van der Waals surface area (Å²) in [6, 6.07) is 3.61. The van der Waals surface area contributed by atoms with Crippen molar-refractivity contribution in [1.82, 2.24) is 19.5 Å². The summed E-state index contributed by atoms with van der Waals surface area (Å²) in [5, 5.41) is 15.0. The Morgan fingerprint density at radius 3 is 2.70 bits per heavy atom. The highest BCUT2D eigenvalue weighted by Gasteiger charge is 2.35. The molecule has 0 unspecified atom stereocenters. The number of aryl methyl sites for hydroxylation is 2. The summed E-state index contributed by atoms with van der Waals surface area (Å²) in [7, 11) is 1.43. The van der Waals surface area contributed by atoms with E-state index in [1.807, 2.05) is 19.1 Å². The molecule has 27 heavy (non-hydrogen) atoms. The number of likely N-dealkylation sites (tertiary alicyclic amines) is 1. The van der Waals surface area contributed by atoms with E-state index in [1.165, 1.54) is 23.0 Å². The van der Waals surface area contributed by atoms with Crippen LogP contribution in [-0.2, 0) is 9.53 Å². The topological polar surface area (TPSA) is 93.1 Å². The van der Waals surface area contributed by atoms with E-state index >= 15 is 0 Å². The van der Waals surface area contributed by atoms with Gasteiger partial charge in [-0.25, -0.2) is 4.98 Å². The van der Waals surface area contributed by atoms with Crippen LogP contribution in [0.1, 0.15) is 41.1 Å². The van der Waals surface area contributed by atoms with Crippen LogP contribution in [0.5, 0.6) is 5.88 Å². The monoisotopic (exact) mass is 390 g/mol. The molecule has 0 amide bonds. The van der Waals surface area contributed by atoms with Gasteiger partial charge in [0.15, 0.2) is 0 Å². The number of nitrogens with zero attached hydrogens (tertiary/aromatic N) is 4. The fourth-order valence-corrected chi connectivity index (χ4v) is 4.80. The van der Waals surface area contributed by atoms with Gasteiger partial charge in [0.05, 0.1) is 17.9 Å². The van der Waals surface area contributed by atoms with Gasteiger partial charge in [0.25, 0.3) is 0 Å². The van der Waals surface area contributed by atoms with Crippen molar-refractivity contribution in [3.8, 4) is 5.88 Å². The molecule has 0 saturated carbocycles. The molecule has 0 aromatic carbocycles. The summed E-state index contributed by atoms with van der Waals surface area (Å²) in [5.74, 6) is 2.05. The lowest BCUT2D eigenvalue weighted by Gasteiger charge is -2.35. The van der Waals surface area contributed by atoms with Crippen molar-refractivity contribution in [3.63, 3.8) is 0 Å². The van der Waals surface area contributed by atoms with Crippen molar-refractivity contribution < 1.29 is 19.1 Å². The quantitative estimate of drug-likeness (QED) is 0.685. The number of piperidine rings is 1. The maximum absolute atomic E-state index is 11.8. The molecule has 0 radical (unpaired) electrons. The van der Waals surface area contributed by atoms with Crippen molar-refractivity contribution in [2.75, 3.05) is 20.2 Å². The minimum atomic E-state index is -0.244. The van der Waals surface area contributed by atoms with Crippen molar-refractivity contribution in [2.45, 2.75) is 32.7 Å². The van der Waals surface area contributed by atoms with E-state index in [9.17, 15) is 9.90 Å². The molecule has 1 atom stereocenters. The Hall–Kier alpha value is -2.39. The highest BCUT2D eigenvalue weighted by Crippen LogP contribution is 2.41. The number of methoxy groups -OCH3 is 1. The van der Waals surface area contributed by atoms with Crippen molar-refractivity contribution in [1.29, 1.82) is 0 Å². The molecule has 1 aliphatic rings. The molecular weight excluding hydrogens is 368 g/mol. The largest absolute Gasteiger partial charge is 0.492 e. The van der Waals surface area contributed by atoms with Crippen molar-refractivity contribution in [3.05, 3.63) is 34.4 Å². The lowest BCUT2D eigenvalue weighted by Crippen LogP contribution is -2.39. The van der Waals surface area contributed by atoms with E-state index < -0.39 is 0 Å². The number of thiazole rings is 1. The highest BCUT2D eigenvalue weighted by molar-refractivity contribution is 7.17. The van der Waals surface area contributed by atoms with E-state index in [2.05, 4.69) is 15.0 Å². The van der Waals surface area contributed by atoms with Gasteiger partial charge in [-0.2, -0.15) is 4.52 Å². The van der Waals surface area contributed by atoms with E-state index in [0.29, 0.717) is 36.7 Å². The normalized spacial score (nSPS) is 17.4. The average molecular weight is 390 g/mol. The number of rotatable bonds is 4. The molecule has 0 aliphatic carbocycles. The number of furan rings is 1. The van der Waals surface area contributed by atoms with Crippen molar-refractivity contribution in [2.24, 2.45) is 5.92 Å². The molecule has 3 aromatic heterocycles. The highest BCUT2D eigenvalue weighted by atomic mass is 32.1. The van der Waals surface area contributed by atoms with Crippen LogP contribution < -0.4 is 0 Å². The molecule has 1 N–H and O–H groups in total. The number of esters is 1. The Bertz CT molecular complexity index is 967. The molecule has 144 valence electrons. The first kappa shape index (κ1) is 18.0. The number of hydrogen-bond donors (Lipinski definition) is 1. The van der Waals surface area contributed by atoms with Gasteiger partial charge in [-0.3, -0.25) is 9.69 Å². The minimum absolute atomic E-state index is 0.0798. The second-order valence-corrected chi connectivity index (χ2v) is 7.84. The molecule has 4 heterocycles. The Labute approximate surface area is 160 Å². The first-order valence-electron chi connectivity index (χ1n) is 8.91. The average Bonchev–Trinajstić information content (AvgIpc) is 3.32. The van der Waals surface area contributed by atoms with Crippen LogP contribution in [-0.4, -0.2) is 50.8 Å². The number of aromatic hydroxyl groups is 1. The summed E-state index contributed by atoms with van der Waals surface area (Å²) in [5.41, 5.74) is 0.